The Hall–Kier alpha value is -2.24. The van der Waals surface area contributed by atoms with Crippen molar-refractivity contribution in [3.05, 3.63) is 60.8 Å². The van der Waals surface area contributed by atoms with Gasteiger partial charge in [0.2, 0.25) is 0 Å². The van der Waals surface area contributed by atoms with Crippen LogP contribution >= 0.6 is 0 Å². The van der Waals surface area contributed by atoms with E-state index in [2.05, 4.69) is 16.8 Å². The molecule has 0 heterocycles. The zero-order chi connectivity index (χ0) is 16.2. The van der Waals surface area contributed by atoms with Gasteiger partial charge in [-0.1, -0.05) is 18.7 Å². The lowest BCUT2D eigenvalue weighted by atomic mass is 10.2. The van der Waals surface area contributed by atoms with E-state index >= 15 is 0 Å². The number of anilines is 1. The molecular weight excluding hydrogens is 278 g/mol. The van der Waals surface area contributed by atoms with Crippen molar-refractivity contribution < 1.29 is 10.2 Å². The van der Waals surface area contributed by atoms with E-state index in [1.807, 2.05) is 48.2 Å². The Morgan fingerprint density at radius 3 is 2.32 bits per heavy atom. The molecule has 0 unspecified atom stereocenters. The molecule has 5 nitrogen and oxygen atoms in total. The van der Waals surface area contributed by atoms with Gasteiger partial charge in [0.1, 0.15) is 0 Å². The molecule has 5 heteroatoms. The van der Waals surface area contributed by atoms with Gasteiger partial charge in [-0.25, -0.2) is 0 Å². The first-order valence-corrected chi connectivity index (χ1v) is 7.19. The van der Waals surface area contributed by atoms with Crippen LogP contribution in [0.15, 0.2) is 71.1 Å². The summed E-state index contributed by atoms with van der Waals surface area (Å²) in [5.41, 5.74) is 2.39. The molecule has 22 heavy (non-hydrogen) atoms. The van der Waals surface area contributed by atoms with Gasteiger partial charge in [-0.15, -0.1) is 0 Å². The number of aliphatic hydroxyl groups excluding tert-OH is 2. The third kappa shape index (κ3) is 6.03. The highest BCUT2D eigenvalue weighted by atomic mass is 16.3. The zero-order valence-corrected chi connectivity index (χ0v) is 12.9. The fourth-order valence-corrected chi connectivity index (χ4v) is 1.87. The second kappa shape index (κ2) is 10.5. The van der Waals surface area contributed by atoms with E-state index in [1.54, 1.807) is 12.2 Å². The zero-order valence-electron chi connectivity index (χ0n) is 12.9. The number of benzene rings is 1. The van der Waals surface area contributed by atoms with Crippen LogP contribution in [0, 0.1) is 0 Å². The van der Waals surface area contributed by atoms with Gasteiger partial charge in [-0.3, -0.25) is 0 Å². The van der Waals surface area contributed by atoms with Crippen molar-refractivity contribution in [2.45, 2.75) is 6.92 Å². The van der Waals surface area contributed by atoms with Gasteiger partial charge in [0.05, 0.1) is 24.6 Å². The van der Waals surface area contributed by atoms with E-state index in [9.17, 15) is 0 Å². The van der Waals surface area contributed by atoms with Crippen molar-refractivity contribution in [2.24, 2.45) is 10.2 Å². The number of allylic oxidation sites excluding steroid dienone is 4. The van der Waals surface area contributed by atoms with Crippen LogP contribution < -0.4 is 4.90 Å². The van der Waals surface area contributed by atoms with Crippen LogP contribution in [0.4, 0.5) is 11.4 Å². The van der Waals surface area contributed by atoms with Crippen molar-refractivity contribution in [1.29, 1.82) is 0 Å². The standard InChI is InChI=1S/C17H23N3O2/c1-3-5-15(6-4-2)18-19-16-7-9-17(10-8-16)20(11-13-21)12-14-22/h3-10,21-22H,1,11-14H2,2H3/b6-4-,15-5+,19-18?. The molecule has 0 aliphatic carbocycles. The minimum atomic E-state index is 0.0422. The predicted octanol–water partition coefficient (Wildman–Crippen LogP) is 3.21. The van der Waals surface area contributed by atoms with Crippen molar-refractivity contribution in [2.75, 3.05) is 31.2 Å². The molecule has 0 fully saturated rings. The molecule has 1 aromatic rings. The summed E-state index contributed by atoms with van der Waals surface area (Å²) in [7, 11) is 0. The van der Waals surface area contributed by atoms with E-state index in [1.165, 1.54) is 0 Å². The van der Waals surface area contributed by atoms with Gasteiger partial charge in [0.15, 0.2) is 0 Å². The normalized spacial score (nSPS) is 12.2. The van der Waals surface area contributed by atoms with Gasteiger partial charge in [0, 0.05) is 18.8 Å². The fourth-order valence-electron chi connectivity index (χ4n) is 1.87. The molecule has 2 N–H and O–H groups in total. The molecule has 118 valence electrons. The van der Waals surface area contributed by atoms with Crippen LogP contribution in [0.2, 0.25) is 0 Å². The number of nitrogens with zero attached hydrogens (tertiary/aromatic N) is 3. The maximum absolute atomic E-state index is 9.05. The van der Waals surface area contributed by atoms with Gasteiger partial charge in [0.25, 0.3) is 0 Å². The average molecular weight is 301 g/mol. The largest absolute Gasteiger partial charge is 0.395 e. The van der Waals surface area contributed by atoms with Gasteiger partial charge < -0.3 is 15.1 Å². The number of hydrogen-bond acceptors (Lipinski definition) is 5. The summed E-state index contributed by atoms with van der Waals surface area (Å²) in [5, 5.41) is 26.4. The Kier molecular flexibility index (Phi) is 8.49. The van der Waals surface area contributed by atoms with Gasteiger partial charge >= 0.3 is 0 Å². The van der Waals surface area contributed by atoms with Crippen LogP contribution in [-0.2, 0) is 0 Å². The summed E-state index contributed by atoms with van der Waals surface area (Å²) < 4.78 is 0. The minimum absolute atomic E-state index is 0.0422. The molecule has 0 aromatic heterocycles. The van der Waals surface area contributed by atoms with Crippen LogP contribution in [0.5, 0.6) is 0 Å². The van der Waals surface area contributed by atoms with E-state index in [0.717, 1.165) is 17.1 Å². The van der Waals surface area contributed by atoms with E-state index in [0.29, 0.717) is 13.1 Å². The average Bonchev–Trinajstić information content (AvgIpc) is 2.53. The highest BCUT2D eigenvalue weighted by molar-refractivity contribution is 5.52. The molecule has 0 saturated heterocycles. The monoisotopic (exact) mass is 301 g/mol. The number of aliphatic hydroxyl groups is 2. The van der Waals surface area contributed by atoms with Crippen LogP contribution in [0.3, 0.4) is 0 Å². The maximum atomic E-state index is 9.05. The summed E-state index contributed by atoms with van der Waals surface area (Å²) >= 11 is 0. The minimum Gasteiger partial charge on any atom is -0.395 e. The fraction of sp³-hybridized carbons (Fsp3) is 0.294. The quantitative estimate of drug-likeness (QED) is 0.543. The van der Waals surface area contributed by atoms with Crippen LogP contribution in [0.25, 0.3) is 0 Å². The Morgan fingerprint density at radius 1 is 1.18 bits per heavy atom. The lowest BCUT2D eigenvalue weighted by Gasteiger charge is -2.22. The summed E-state index contributed by atoms with van der Waals surface area (Å²) in [5.74, 6) is 0. The van der Waals surface area contributed by atoms with Crippen molar-refractivity contribution in [1.82, 2.24) is 0 Å². The van der Waals surface area contributed by atoms with Gasteiger partial charge in [-0.05, 0) is 43.3 Å². The smallest absolute Gasteiger partial charge is 0.0858 e. The molecule has 1 rings (SSSR count). The first kappa shape index (κ1) is 17.8. The van der Waals surface area contributed by atoms with E-state index < -0.39 is 0 Å². The number of hydrogen-bond donors (Lipinski definition) is 2. The topological polar surface area (TPSA) is 68.4 Å². The molecule has 0 atom stereocenters. The molecule has 0 aliphatic heterocycles. The van der Waals surface area contributed by atoms with Crippen molar-refractivity contribution in [3.63, 3.8) is 0 Å². The first-order chi connectivity index (χ1) is 10.7. The second-order valence-corrected chi connectivity index (χ2v) is 4.48. The third-order valence-electron chi connectivity index (χ3n) is 2.86. The second-order valence-electron chi connectivity index (χ2n) is 4.48. The molecular formula is C17H23N3O2. The Bertz CT molecular complexity index is 527. The molecule has 0 aliphatic rings. The molecule has 0 radical (unpaired) electrons. The van der Waals surface area contributed by atoms with E-state index in [4.69, 9.17) is 10.2 Å². The summed E-state index contributed by atoms with van der Waals surface area (Å²) in [4.78, 5) is 1.91. The maximum Gasteiger partial charge on any atom is 0.0858 e. The van der Waals surface area contributed by atoms with Crippen molar-refractivity contribution in [3.8, 4) is 0 Å². The Morgan fingerprint density at radius 2 is 1.82 bits per heavy atom. The lowest BCUT2D eigenvalue weighted by Crippen LogP contribution is -2.29. The molecule has 0 amide bonds. The highest BCUT2D eigenvalue weighted by Gasteiger charge is 2.04. The lowest BCUT2D eigenvalue weighted by molar-refractivity contribution is 0.281. The Labute approximate surface area is 131 Å². The third-order valence-corrected chi connectivity index (χ3v) is 2.86. The van der Waals surface area contributed by atoms with Gasteiger partial charge in [-0.2, -0.15) is 10.2 Å². The first-order valence-electron chi connectivity index (χ1n) is 7.19. The number of azo groups is 1. The van der Waals surface area contributed by atoms with E-state index in [-0.39, 0.29) is 13.2 Å². The summed E-state index contributed by atoms with van der Waals surface area (Å²) in [6.07, 6.45) is 7.18. The summed E-state index contributed by atoms with van der Waals surface area (Å²) in [6.45, 7) is 6.61. The number of rotatable bonds is 9. The summed E-state index contributed by atoms with van der Waals surface area (Å²) in [6, 6.07) is 7.49. The molecule has 0 bridgehead atoms. The predicted molar refractivity (Wildman–Crippen MR) is 90.4 cm³/mol. The van der Waals surface area contributed by atoms with Crippen molar-refractivity contribution >= 4 is 11.4 Å². The highest BCUT2D eigenvalue weighted by Crippen LogP contribution is 2.20. The molecule has 0 spiro atoms. The molecule has 1 aromatic carbocycles. The SMILES string of the molecule is C=C/C=C(\C=C/C)N=Nc1ccc(N(CCO)CCO)cc1. The molecule has 0 saturated carbocycles. The Balaban J connectivity index is 2.83. The van der Waals surface area contributed by atoms with Crippen LogP contribution in [0.1, 0.15) is 6.92 Å². The van der Waals surface area contributed by atoms with Crippen LogP contribution in [-0.4, -0.2) is 36.5 Å².